The Morgan fingerprint density at radius 3 is 2.85 bits per heavy atom. The summed E-state index contributed by atoms with van der Waals surface area (Å²) in [6.45, 7) is 0.733. The second-order valence-electron chi connectivity index (χ2n) is 2.59. The van der Waals surface area contributed by atoms with Gasteiger partial charge in [0.15, 0.2) is 17.3 Å². The molecular weight excluding hydrogens is 173 g/mol. The SMILES string of the molecule is N#Cc1cc(F)c2c(c1)OCCO2. The molecular formula is C9H6FNO2. The van der Waals surface area contributed by atoms with Crippen LogP contribution in [0, 0.1) is 17.1 Å². The smallest absolute Gasteiger partial charge is 0.197 e. The van der Waals surface area contributed by atoms with Gasteiger partial charge in [0.2, 0.25) is 0 Å². The van der Waals surface area contributed by atoms with Crippen molar-refractivity contribution < 1.29 is 13.9 Å². The van der Waals surface area contributed by atoms with Gasteiger partial charge in [0, 0.05) is 6.07 Å². The standard InChI is InChI=1S/C9H6FNO2/c10-7-3-6(5-11)4-8-9(7)13-2-1-12-8/h3-4H,1-2H2. The highest BCUT2D eigenvalue weighted by atomic mass is 19.1. The van der Waals surface area contributed by atoms with E-state index < -0.39 is 5.82 Å². The van der Waals surface area contributed by atoms with Crippen molar-refractivity contribution in [3.8, 4) is 17.6 Å². The van der Waals surface area contributed by atoms with E-state index in [1.54, 1.807) is 0 Å². The number of rotatable bonds is 0. The van der Waals surface area contributed by atoms with Crippen LogP contribution in [0.1, 0.15) is 5.56 Å². The fourth-order valence-electron chi connectivity index (χ4n) is 1.18. The third-order valence-electron chi connectivity index (χ3n) is 1.73. The lowest BCUT2D eigenvalue weighted by molar-refractivity contribution is 0.164. The van der Waals surface area contributed by atoms with Gasteiger partial charge in [-0.15, -0.1) is 0 Å². The number of fused-ring (bicyclic) bond motifs is 1. The molecule has 2 rings (SSSR count). The van der Waals surface area contributed by atoms with Gasteiger partial charge in [0.1, 0.15) is 13.2 Å². The van der Waals surface area contributed by atoms with Gasteiger partial charge in [-0.25, -0.2) is 4.39 Å². The van der Waals surface area contributed by atoms with Crippen LogP contribution in [0.25, 0.3) is 0 Å². The number of nitriles is 1. The van der Waals surface area contributed by atoms with Crippen LogP contribution < -0.4 is 9.47 Å². The Balaban J connectivity index is 2.54. The Morgan fingerprint density at radius 2 is 2.08 bits per heavy atom. The molecule has 3 nitrogen and oxygen atoms in total. The minimum Gasteiger partial charge on any atom is -0.486 e. The quantitative estimate of drug-likeness (QED) is 0.605. The van der Waals surface area contributed by atoms with Gasteiger partial charge in [-0.05, 0) is 6.07 Å². The summed E-state index contributed by atoms with van der Waals surface area (Å²) >= 11 is 0. The third-order valence-corrected chi connectivity index (χ3v) is 1.73. The highest BCUT2D eigenvalue weighted by Crippen LogP contribution is 2.33. The molecule has 1 aliphatic heterocycles. The van der Waals surface area contributed by atoms with Gasteiger partial charge in [0.25, 0.3) is 0 Å². The predicted molar refractivity (Wildman–Crippen MR) is 42.1 cm³/mol. The second-order valence-corrected chi connectivity index (χ2v) is 2.59. The Morgan fingerprint density at radius 1 is 1.31 bits per heavy atom. The van der Waals surface area contributed by atoms with Gasteiger partial charge in [-0.3, -0.25) is 0 Å². The molecule has 0 saturated heterocycles. The van der Waals surface area contributed by atoms with Gasteiger partial charge in [-0.1, -0.05) is 0 Å². The number of benzene rings is 1. The average Bonchev–Trinajstić information content (AvgIpc) is 2.18. The van der Waals surface area contributed by atoms with Crippen molar-refractivity contribution in [1.29, 1.82) is 5.26 Å². The van der Waals surface area contributed by atoms with E-state index in [1.807, 2.05) is 6.07 Å². The van der Waals surface area contributed by atoms with E-state index >= 15 is 0 Å². The average molecular weight is 179 g/mol. The van der Waals surface area contributed by atoms with Crippen molar-refractivity contribution in [2.45, 2.75) is 0 Å². The molecule has 0 aromatic heterocycles. The van der Waals surface area contributed by atoms with Crippen LogP contribution in [-0.4, -0.2) is 13.2 Å². The molecule has 0 N–H and O–H groups in total. The molecule has 0 radical (unpaired) electrons. The lowest BCUT2D eigenvalue weighted by Gasteiger charge is -2.18. The van der Waals surface area contributed by atoms with E-state index in [0.29, 0.717) is 19.0 Å². The molecule has 1 aromatic carbocycles. The van der Waals surface area contributed by atoms with Crippen molar-refractivity contribution in [3.05, 3.63) is 23.5 Å². The predicted octanol–water partition coefficient (Wildman–Crippen LogP) is 1.47. The highest BCUT2D eigenvalue weighted by Gasteiger charge is 2.17. The normalized spacial score (nSPS) is 13.5. The maximum atomic E-state index is 13.2. The summed E-state index contributed by atoms with van der Waals surface area (Å²) in [6, 6.07) is 4.44. The summed E-state index contributed by atoms with van der Waals surface area (Å²) in [4.78, 5) is 0. The Bertz CT molecular complexity index is 384. The van der Waals surface area contributed by atoms with Gasteiger partial charge in [0.05, 0.1) is 11.6 Å². The number of hydrogen-bond acceptors (Lipinski definition) is 3. The van der Waals surface area contributed by atoms with E-state index in [1.165, 1.54) is 6.07 Å². The molecule has 0 spiro atoms. The van der Waals surface area contributed by atoms with Crippen LogP contribution in [0.5, 0.6) is 11.5 Å². The highest BCUT2D eigenvalue weighted by molar-refractivity contribution is 5.48. The first-order valence-corrected chi connectivity index (χ1v) is 3.80. The Labute approximate surface area is 74.3 Å². The number of nitrogens with zero attached hydrogens (tertiary/aromatic N) is 1. The van der Waals surface area contributed by atoms with Gasteiger partial charge in [-0.2, -0.15) is 5.26 Å². The fraction of sp³-hybridized carbons (Fsp3) is 0.222. The van der Waals surface area contributed by atoms with Crippen LogP contribution >= 0.6 is 0 Å². The van der Waals surface area contributed by atoms with Crippen molar-refractivity contribution in [2.24, 2.45) is 0 Å². The summed E-state index contributed by atoms with van der Waals surface area (Å²) in [5, 5.41) is 8.55. The first-order valence-electron chi connectivity index (χ1n) is 3.80. The summed E-state index contributed by atoms with van der Waals surface area (Å²) in [6.07, 6.45) is 0. The van der Waals surface area contributed by atoms with Crippen molar-refractivity contribution in [1.82, 2.24) is 0 Å². The summed E-state index contributed by atoms with van der Waals surface area (Å²) < 4.78 is 23.3. The lowest BCUT2D eigenvalue weighted by Crippen LogP contribution is -2.16. The molecule has 1 heterocycles. The van der Waals surface area contributed by atoms with E-state index in [4.69, 9.17) is 14.7 Å². The van der Waals surface area contributed by atoms with Crippen LogP contribution in [0.4, 0.5) is 4.39 Å². The minimum atomic E-state index is -0.547. The summed E-state index contributed by atoms with van der Waals surface area (Å²) in [7, 11) is 0. The maximum Gasteiger partial charge on any atom is 0.197 e. The fourth-order valence-corrected chi connectivity index (χ4v) is 1.18. The number of hydrogen-bond donors (Lipinski definition) is 0. The molecule has 66 valence electrons. The molecule has 0 fully saturated rings. The molecule has 13 heavy (non-hydrogen) atoms. The molecule has 0 bridgehead atoms. The van der Waals surface area contributed by atoms with E-state index in [9.17, 15) is 4.39 Å². The van der Waals surface area contributed by atoms with Crippen LogP contribution in [-0.2, 0) is 0 Å². The van der Waals surface area contributed by atoms with Crippen molar-refractivity contribution in [2.75, 3.05) is 13.2 Å². The number of halogens is 1. The monoisotopic (exact) mass is 179 g/mol. The topological polar surface area (TPSA) is 42.2 Å². The second kappa shape index (κ2) is 2.94. The summed E-state index contributed by atoms with van der Waals surface area (Å²) in [5.41, 5.74) is 0.238. The third kappa shape index (κ3) is 1.29. The molecule has 0 unspecified atom stereocenters. The Hall–Kier alpha value is -1.76. The van der Waals surface area contributed by atoms with E-state index in [-0.39, 0.29) is 11.3 Å². The first kappa shape index (κ1) is 7.87. The molecule has 1 aliphatic rings. The van der Waals surface area contributed by atoms with Gasteiger partial charge >= 0.3 is 0 Å². The van der Waals surface area contributed by atoms with Crippen LogP contribution in [0.3, 0.4) is 0 Å². The van der Waals surface area contributed by atoms with Crippen molar-refractivity contribution >= 4 is 0 Å². The molecule has 0 saturated carbocycles. The number of ether oxygens (including phenoxy) is 2. The zero-order valence-corrected chi connectivity index (χ0v) is 6.71. The summed E-state index contributed by atoms with van der Waals surface area (Å²) in [5.74, 6) is -0.137. The molecule has 1 aromatic rings. The zero-order chi connectivity index (χ0) is 9.26. The molecule has 4 heteroatoms. The minimum absolute atomic E-state index is 0.102. The lowest BCUT2D eigenvalue weighted by atomic mass is 10.2. The first-order chi connectivity index (χ1) is 6.31. The molecule has 0 amide bonds. The van der Waals surface area contributed by atoms with Crippen molar-refractivity contribution in [3.63, 3.8) is 0 Å². The molecule has 0 aliphatic carbocycles. The maximum absolute atomic E-state index is 13.2. The van der Waals surface area contributed by atoms with E-state index in [0.717, 1.165) is 6.07 Å². The zero-order valence-electron chi connectivity index (χ0n) is 6.71. The van der Waals surface area contributed by atoms with Crippen LogP contribution in [0.15, 0.2) is 12.1 Å². The van der Waals surface area contributed by atoms with E-state index in [2.05, 4.69) is 0 Å². The largest absolute Gasteiger partial charge is 0.486 e. The molecule has 0 atom stereocenters. The van der Waals surface area contributed by atoms with Gasteiger partial charge < -0.3 is 9.47 Å². The Kier molecular flexibility index (Phi) is 1.78. The van der Waals surface area contributed by atoms with Crippen LogP contribution in [0.2, 0.25) is 0 Å².